The van der Waals surface area contributed by atoms with Gasteiger partial charge in [-0.1, -0.05) is 6.92 Å². The van der Waals surface area contributed by atoms with E-state index in [1.165, 1.54) is 6.07 Å². The summed E-state index contributed by atoms with van der Waals surface area (Å²) in [7, 11) is -7.56. The van der Waals surface area contributed by atoms with Crippen molar-refractivity contribution >= 4 is 20.0 Å². The number of rotatable bonds is 9. The van der Waals surface area contributed by atoms with E-state index in [4.69, 9.17) is 9.56 Å². The number of furan rings is 1. The highest BCUT2D eigenvalue weighted by molar-refractivity contribution is 7.90. The van der Waals surface area contributed by atoms with Crippen LogP contribution in [-0.4, -0.2) is 35.7 Å². The van der Waals surface area contributed by atoms with Crippen LogP contribution >= 0.6 is 0 Å². The summed E-state index contributed by atoms with van der Waals surface area (Å²) >= 11 is 0. The Bertz CT molecular complexity index is 621. The van der Waals surface area contributed by atoms with E-state index >= 15 is 0 Å². The van der Waals surface area contributed by atoms with Crippen LogP contribution in [0.15, 0.2) is 21.6 Å². The second-order valence-corrected chi connectivity index (χ2v) is 7.59. The van der Waals surface area contributed by atoms with Crippen LogP contribution in [-0.2, 0) is 26.6 Å². The Hall–Kier alpha value is -0.940. The molecule has 0 aliphatic rings. The van der Waals surface area contributed by atoms with E-state index in [2.05, 4.69) is 10.0 Å². The van der Waals surface area contributed by atoms with Crippen LogP contribution in [0, 0.1) is 0 Å². The molecule has 1 rings (SSSR count). The number of sulfonamides is 2. The Balaban J connectivity index is 2.59. The Morgan fingerprint density at radius 2 is 1.90 bits per heavy atom. The van der Waals surface area contributed by atoms with Crippen LogP contribution in [0.1, 0.15) is 19.1 Å². The molecule has 0 saturated heterocycles. The average Bonchev–Trinajstić information content (AvgIpc) is 2.77. The van der Waals surface area contributed by atoms with Crippen LogP contribution in [0.4, 0.5) is 0 Å². The molecule has 0 fully saturated rings. The van der Waals surface area contributed by atoms with Gasteiger partial charge in [-0.25, -0.2) is 26.7 Å². The van der Waals surface area contributed by atoms with Gasteiger partial charge in [0.2, 0.25) is 15.1 Å². The van der Waals surface area contributed by atoms with Gasteiger partial charge in [-0.3, -0.25) is 0 Å². The normalized spacial score (nSPS) is 12.7. The van der Waals surface area contributed by atoms with E-state index in [1.54, 1.807) is 6.07 Å². The number of nitrogens with one attached hydrogen (secondary N) is 2. The van der Waals surface area contributed by atoms with E-state index in [0.29, 0.717) is 12.3 Å². The smallest absolute Gasteiger partial charge is 0.273 e. The highest BCUT2D eigenvalue weighted by Crippen LogP contribution is 2.13. The highest BCUT2D eigenvalue weighted by atomic mass is 32.2. The predicted molar refractivity (Wildman–Crippen MR) is 73.9 cm³/mol. The maximum Gasteiger partial charge on any atom is 0.273 e. The third-order valence-corrected chi connectivity index (χ3v) is 4.41. The van der Waals surface area contributed by atoms with Gasteiger partial charge in [0.15, 0.2) is 0 Å². The first kappa shape index (κ1) is 17.1. The molecule has 8 nitrogen and oxygen atoms in total. The molecule has 0 radical (unpaired) electrons. The molecule has 0 saturated carbocycles. The zero-order valence-corrected chi connectivity index (χ0v) is 12.8. The fourth-order valence-corrected chi connectivity index (χ4v) is 2.87. The Morgan fingerprint density at radius 3 is 2.50 bits per heavy atom. The molecule has 1 aromatic heterocycles. The summed E-state index contributed by atoms with van der Waals surface area (Å²) in [5, 5.41) is 7.61. The number of nitrogens with two attached hydrogens (primary N) is 1. The van der Waals surface area contributed by atoms with Crippen LogP contribution in [0.3, 0.4) is 0 Å². The molecule has 0 atom stereocenters. The third-order valence-electron chi connectivity index (χ3n) is 2.31. The van der Waals surface area contributed by atoms with E-state index in [0.717, 1.165) is 13.0 Å². The molecule has 1 aromatic rings. The quantitative estimate of drug-likeness (QED) is 0.517. The topological polar surface area (TPSA) is 132 Å². The van der Waals surface area contributed by atoms with Crippen LogP contribution in [0.2, 0.25) is 0 Å². The Labute approximate surface area is 118 Å². The van der Waals surface area contributed by atoms with Crippen molar-refractivity contribution in [1.82, 2.24) is 10.0 Å². The molecular weight excluding hydrogens is 306 g/mol. The molecule has 0 aliphatic heterocycles. The van der Waals surface area contributed by atoms with E-state index in [1.807, 2.05) is 6.92 Å². The largest absolute Gasteiger partial charge is 0.447 e. The first-order valence-corrected chi connectivity index (χ1v) is 9.24. The predicted octanol–water partition coefficient (Wildman–Crippen LogP) is -0.654. The van der Waals surface area contributed by atoms with Crippen molar-refractivity contribution in [3.8, 4) is 0 Å². The van der Waals surface area contributed by atoms with Crippen molar-refractivity contribution in [2.75, 3.05) is 18.8 Å². The van der Waals surface area contributed by atoms with Crippen LogP contribution in [0.5, 0.6) is 0 Å². The van der Waals surface area contributed by atoms with Crippen molar-refractivity contribution in [2.45, 2.75) is 25.0 Å². The van der Waals surface area contributed by atoms with Crippen molar-refractivity contribution in [3.05, 3.63) is 17.9 Å². The highest BCUT2D eigenvalue weighted by Gasteiger charge is 2.19. The van der Waals surface area contributed by atoms with E-state index < -0.39 is 25.8 Å². The monoisotopic (exact) mass is 325 g/mol. The fourth-order valence-electron chi connectivity index (χ4n) is 1.38. The van der Waals surface area contributed by atoms with Gasteiger partial charge in [0.25, 0.3) is 10.0 Å². The summed E-state index contributed by atoms with van der Waals surface area (Å²) in [5.41, 5.74) is 0. The minimum atomic E-state index is -3.86. The zero-order valence-electron chi connectivity index (χ0n) is 11.1. The molecule has 4 N–H and O–H groups in total. The standard InChI is InChI=1S/C10H19N3O5S2/c1-2-5-12-8-9-3-4-10(18-9)20(16,17)13-6-7-19(11,14)15/h3-4,12-13H,2,5-8H2,1H3,(H2,11,14,15). The number of hydrogen-bond acceptors (Lipinski definition) is 6. The summed E-state index contributed by atoms with van der Waals surface area (Å²) in [6.45, 7) is 2.95. The van der Waals surface area contributed by atoms with Crippen molar-refractivity contribution in [3.63, 3.8) is 0 Å². The lowest BCUT2D eigenvalue weighted by molar-refractivity contribution is 0.400. The van der Waals surface area contributed by atoms with E-state index in [9.17, 15) is 16.8 Å². The fraction of sp³-hybridized carbons (Fsp3) is 0.600. The molecule has 0 bridgehead atoms. The molecular formula is C10H19N3O5S2. The first-order valence-electron chi connectivity index (χ1n) is 6.04. The van der Waals surface area contributed by atoms with Gasteiger partial charge in [0.05, 0.1) is 12.3 Å². The maximum atomic E-state index is 11.8. The average molecular weight is 325 g/mol. The van der Waals surface area contributed by atoms with Gasteiger partial charge in [-0.05, 0) is 25.1 Å². The molecule has 0 spiro atoms. The molecule has 116 valence electrons. The van der Waals surface area contributed by atoms with Crippen LogP contribution in [0.25, 0.3) is 0 Å². The third kappa shape index (κ3) is 6.01. The Kier molecular flexibility index (Phi) is 6.14. The first-order chi connectivity index (χ1) is 9.24. The second kappa shape index (κ2) is 7.18. The maximum absolute atomic E-state index is 11.8. The van der Waals surface area contributed by atoms with Crippen LogP contribution < -0.4 is 15.2 Å². The lowest BCUT2D eigenvalue weighted by atomic mass is 10.4. The van der Waals surface area contributed by atoms with E-state index in [-0.39, 0.29) is 11.6 Å². The number of hydrogen-bond donors (Lipinski definition) is 3. The van der Waals surface area contributed by atoms with Gasteiger partial charge in [-0.2, -0.15) is 0 Å². The van der Waals surface area contributed by atoms with Crippen molar-refractivity contribution in [2.24, 2.45) is 5.14 Å². The van der Waals surface area contributed by atoms with Crippen molar-refractivity contribution in [1.29, 1.82) is 0 Å². The summed E-state index contributed by atoms with van der Waals surface area (Å²) in [4.78, 5) is 0. The molecule has 0 aliphatic carbocycles. The van der Waals surface area contributed by atoms with Gasteiger partial charge in [0, 0.05) is 6.54 Å². The van der Waals surface area contributed by atoms with Crippen molar-refractivity contribution < 1.29 is 21.3 Å². The van der Waals surface area contributed by atoms with Gasteiger partial charge >= 0.3 is 0 Å². The van der Waals surface area contributed by atoms with Gasteiger partial charge in [-0.15, -0.1) is 0 Å². The molecule has 0 amide bonds. The Morgan fingerprint density at radius 1 is 1.20 bits per heavy atom. The lowest BCUT2D eigenvalue weighted by Crippen LogP contribution is -2.31. The SMILES string of the molecule is CCCNCc1ccc(S(=O)(=O)NCCS(N)(=O)=O)o1. The van der Waals surface area contributed by atoms with Gasteiger partial charge in [0.1, 0.15) is 5.76 Å². The molecule has 20 heavy (non-hydrogen) atoms. The number of primary sulfonamides is 1. The summed E-state index contributed by atoms with van der Waals surface area (Å²) < 4.78 is 52.3. The summed E-state index contributed by atoms with van der Waals surface area (Å²) in [5.74, 6) is 0.0166. The molecule has 1 heterocycles. The lowest BCUT2D eigenvalue weighted by Gasteiger charge is -2.03. The summed E-state index contributed by atoms with van der Waals surface area (Å²) in [6.07, 6.45) is 0.959. The minimum absolute atomic E-state index is 0.250. The second-order valence-electron chi connectivity index (χ2n) is 4.16. The summed E-state index contributed by atoms with van der Waals surface area (Å²) in [6, 6.07) is 2.87. The van der Waals surface area contributed by atoms with Gasteiger partial charge < -0.3 is 9.73 Å². The molecule has 0 aromatic carbocycles. The minimum Gasteiger partial charge on any atom is -0.447 e. The molecule has 0 unspecified atom stereocenters. The molecule has 10 heteroatoms. The zero-order chi connectivity index (χ0) is 15.2.